The third-order valence-electron chi connectivity index (χ3n) is 4.89. The highest BCUT2D eigenvalue weighted by molar-refractivity contribution is 7.80. The Balaban J connectivity index is 2.24. The van der Waals surface area contributed by atoms with Crippen molar-refractivity contribution >= 4 is 45.5 Å². The quantitative estimate of drug-likeness (QED) is 0.511. The number of thiophene rings is 1. The van der Waals surface area contributed by atoms with Gasteiger partial charge in [-0.05, 0) is 58.3 Å². The zero-order chi connectivity index (χ0) is 20.8. The number of anilines is 1. The molecular weight excluding hydrogens is 398 g/mol. The summed E-state index contributed by atoms with van der Waals surface area (Å²) in [5.74, 6) is -0.595. The van der Waals surface area contributed by atoms with Crippen LogP contribution in [-0.4, -0.2) is 60.8 Å². The normalized spacial score (nSPS) is 17.1. The molecule has 0 aromatic carbocycles. The van der Waals surface area contributed by atoms with Gasteiger partial charge in [-0.2, -0.15) is 0 Å². The summed E-state index contributed by atoms with van der Waals surface area (Å²) in [5, 5.41) is 7.19. The largest absolute Gasteiger partial charge is 0.465 e. The summed E-state index contributed by atoms with van der Waals surface area (Å²) >= 11 is 6.65. The number of amides is 1. The lowest BCUT2D eigenvalue weighted by Crippen LogP contribution is -2.42. The number of methoxy groups -OCH3 is 1. The Labute approximate surface area is 175 Å². The predicted molar refractivity (Wildman–Crippen MR) is 115 cm³/mol. The molecule has 1 aliphatic heterocycles. The molecule has 1 aromatic heterocycles. The molecule has 1 aromatic rings. The van der Waals surface area contributed by atoms with Gasteiger partial charge in [0.25, 0.3) is 5.91 Å². The topological polar surface area (TPSA) is 79.9 Å². The SMILES string of the molecule is CCN(CC)C(=O)c1sc(NC(=S)N[C@H](C)[C@H]2CCCO2)c(C(=O)OC)c1C. The van der Waals surface area contributed by atoms with Gasteiger partial charge in [-0.1, -0.05) is 0 Å². The summed E-state index contributed by atoms with van der Waals surface area (Å²) in [6.45, 7) is 9.59. The van der Waals surface area contributed by atoms with Gasteiger partial charge in [-0.25, -0.2) is 4.79 Å². The fourth-order valence-electron chi connectivity index (χ4n) is 3.24. The van der Waals surface area contributed by atoms with Crippen LogP contribution in [0.2, 0.25) is 0 Å². The van der Waals surface area contributed by atoms with Gasteiger partial charge in [0.1, 0.15) is 5.00 Å². The summed E-state index contributed by atoms with van der Waals surface area (Å²) in [6, 6.07) is 0.0434. The van der Waals surface area contributed by atoms with E-state index >= 15 is 0 Å². The molecule has 0 aliphatic carbocycles. The van der Waals surface area contributed by atoms with Gasteiger partial charge in [0.2, 0.25) is 0 Å². The van der Waals surface area contributed by atoms with Crippen LogP contribution >= 0.6 is 23.6 Å². The molecule has 2 heterocycles. The lowest BCUT2D eigenvalue weighted by atomic mass is 10.1. The van der Waals surface area contributed by atoms with E-state index in [9.17, 15) is 9.59 Å². The molecule has 0 radical (unpaired) electrons. The summed E-state index contributed by atoms with van der Waals surface area (Å²) in [6.07, 6.45) is 2.15. The molecule has 28 heavy (non-hydrogen) atoms. The number of nitrogens with zero attached hydrogens (tertiary/aromatic N) is 1. The second-order valence-corrected chi connectivity index (χ2v) is 8.10. The second kappa shape index (κ2) is 10.2. The highest BCUT2D eigenvalue weighted by Gasteiger charge is 2.28. The van der Waals surface area contributed by atoms with Crippen molar-refractivity contribution in [2.45, 2.75) is 52.7 Å². The summed E-state index contributed by atoms with van der Waals surface area (Å²) in [4.78, 5) is 27.4. The van der Waals surface area contributed by atoms with E-state index in [2.05, 4.69) is 10.6 Å². The molecule has 2 rings (SSSR count). The second-order valence-electron chi connectivity index (χ2n) is 6.67. The number of hydrogen-bond donors (Lipinski definition) is 2. The molecule has 1 fully saturated rings. The van der Waals surface area contributed by atoms with Crippen LogP contribution in [0.5, 0.6) is 0 Å². The van der Waals surface area contributed by atoms with E-state index in [1.165, 1.54) is 18.4 Å². The number of nitrogens with one attached hydrogen (secondary N) is 2. The Morgan fingerprint density at radius 1 is 1.39 bits per heavy atom. The number of esters is 1. The zero-order valence-electron chi connectivity index (χ0n) is 17.1. The molecule has 2 atom stereocenters. The number of rotatable bonds is 7. The van der Waals surface area contributed by atoms with E-state index in [0.717, 1.165) is 19.4 Å². The van der Waals surface area contributed by atoms with E-state index in [1.807, 2.05) is 20.8 Å². The predicted octanol–water partition coefficient (Wildman–Crippen LogP) is 3.18. The standard InChI is InChI=1S/C19H29N3O4S2/c1-6-22(7-2)17(23)15-11(3)14(18(24)25-5)16(28-15)21-19(27)20-12(4)13-9-8-10-26-13/h12-13H,6-10H2,1-5H3,(H2,20,21,27)/t12-,13-/m1/s1. The van der Waals surface area contributed by atoms with Gasteiger partial charge >= 0.3 is 5.97 Å². The number of thiocarbonyl (C=S) groups is 1. The Bertz CT molecular complexity index is 725. The van der Waals surface area contributed by atoms with Crippen molar-refractivity contribution in [2.24, 2.45) is 0 Å². The maximum Gasteiger partial charge on any atom is 0.341 e. The molecule has 1 aliphatic rings. The Morgan fingerprint density at radius 2 is 2.07 bits per heavy atom. The van der Waals surface area contributed by atoms with Crippen LogP contribution in [0.3, 0.4) is 0 Å². The molecule has 9 heteroatoms. The van der Waals surface area contributed by atoms with E-state index in [4.69, 9.17) is 21.7 Å². The van der Waals surface area contributed by atoms with Crippen LogP contribution < -0.4 is 10.6 Å². The minimum atomic E-state index is -0.496. The van der Waals surface area contributed by atoms with Gasteiger partial charge in [-0.3, -0.25) is 4.79 Å². The lowest BCUT2D eigenvalue weighted by molar-refractivity contribution is 0.0601. The smallest absolute Gasteiger partial charge is 0.341 e. The molecule has 0 saturated carbocycles. The zero-order valence-corrected chi connectivity index (χ0v) is 18.7. The highest BCUT2D eigenvalue weighted by Crippen LogP contribution is 2.34. The van der Waals surface area contributed by atoms with Crippen molar-refractivity contribution < 1.29 is 19.1 Å². The number of carbonyl (C=O) groups excluding carboxylic acids is 2. The van der Waals surface area contributed by atoms with E-state index in [0.29, 0.717) is 39.2 Å². The minimum absolute atomic E-state index is 0.0434. The first kappa shape index (κ1) is 22.6. The molecule has 1 saturated heterocycles. The van der Waals surface area contributed by atoms with Crippen molar-refractivity contribution in [3.63, 3.8) is 0 Å². The van der Waals surface area contributed by atoms with Crippen molar-refractivity contribution in [2.75, 3.05) is 32.1 Å². The number of carbonyl (C=O) groups is 2. The summed E-state index contributed by atoms with van der Waals surface area (Å²) < 4.78 is 10.6. The molecule has 0 bridgehead atoms. The van der Waals surface area contributed by atoms with Crippen molar-refractivity contribution in [1.29, 1.82) is 0 Å². The van der Waals surface area contributed by atoms with Crippen LogP contribution in [0.25, 0.3) is 0 Å². The van der Waals surface area contributed by atoms with Crippen LogP contribution in [0.4, 0.5) is 5.00 Å². The van der Waals surface area contributed by atoms with Crippen molar-refractivity contribution in [1.82, 2.24) is 10.2 Å². The molecule has 0 spiro atoms. The maximum absolute atomic E-state index is 12.8. The first-order valence-corrected chi connectivity index (χ1v) is 10.8. The van der Waals surface area contributed by atoms with E-state index in [1.54, 1.807) is 11.8 Å². The molecule has 156 valence electrons. The average Bonchev–Trinajstić information content (AvgIpc) is 3.30. The van der Waals surface area contributed by atoms with Crippen LogP contribution in [-0.2, 0) is 9.47 Å². The average molecular weight is 428 g/mol. The van der Waals surface area contributed by atoms with Crippen LogP contribution in [0, 0.1) is 6.92 Å². The van der Waals surface area contributed by atoms with Gasteiger partial charge in [0.15, 0.2) is 5.11 Å². The fourth-order valence-corrected chi connectivity index (χ4v) is 4.76. The molecule has 7 nitrogen and oxygen atoms in total. The summed E-state index contributed by atoms with van der Waals surface area (Å²) in [7, 11) is 1.32. The third-order valence-corrected chi connectivity index (χ3v) is 6.30. The van der Waals surface area contributed by atoms with Gasteiger partial charge in [0, 0.05) is 19.7 Å². The Kier molecular flexibility index (Phi) is 8.21. The van der Waals surface area contributed by atoms with E-state index < -0.39 is 5.97 Å². The highest BCUT2D eigenvalue weighted by atomic mass is 32.1. The van der Waals surface area contributed by atoms with E-state index in [-0.39, 0.29) is 18.1 Å². The van der Waals surface area contributed by atoms with Crippen LogP contribution in [0.1, 0.15) is 59.2 Å². The van der Waals surface area contributed by atoms with Gasteiger partial charge in [-0.15, -0.1) is 11.3 Å². The summed E-state index contributed by atoms with van der Waals surface area (Å²) in [5.41, 5.74) is 0.947. The van der Waals surface area contributed by atoms with Crippen molar-refractivity contribution in [3.8, 4) is 0 Å². The van der Waals surface area contributed by atoms with Gasteiger partial charge in [0.05, 0.1) is 29.7 Å². The fraction of sp³-hybridized carbons (Fsp3) is 0.632. The number of hydrogen-bond acceptors (Lipinski definition) is 6. The van der Waals surface area contributed by atoms with Crippen LogP contribution in [0.15, 0.2) is 0 Å². The Hall–Kier alpha value is -1.71. The molecule has 2 N–H and O–H groups in total. The monoisotopic (exact) mass is 427 g/mol. The van der Waals surface area contributed by atoms with Gasteiger partial charge < -0.3 is 25.0 Å². The Morgan fingerprint density at radius 3 is 2.61 bits per heavy atom. The molecular formula is C19H29N3O4S2. The first-order chi connectivity index (χ1) is 13.3. The van der Waals surface area contributed by atoms with Crippen molar-refractivity contribution in [3.05, 3.63) is 16.0 Å². The number of ether oxygens (including phenoxy) is 2. The third kappa shape index (κ3) is 5.01. The molecule has 0 unspecified atom stereocenters. The molecule has 1 amide bonds. The first-order valence-electron chi connectivity index (χ1n) is 9.54. The minimum Gasteiger partial charge on any atom is -0.465 e. The lowest BCUT2D eigenvalue weighted by Gasteiger charge is -2.21. The maximum atomic E-state index is 12.8.